The summed E-state index contributed by atoms with van der Waals surface area (Å²) in [6.45, 7) is 0.244. The van der Waals surface area contributed by atoms with Crippen LogP contribution in [0, 0.1) is 10.1 Å². The maximum atomic E-state index is 11.0. The Morgan fingerprint density at radius 3 is 2.67 bits per heavy atom. The Morgan fingerprint density at radius 2 is 1.97 bits per heavy atom. The van der Waals surface area contributed by atoms with Crippen molar-refractivity contribution in [1.82, 2.24) is 4.98 Å². The molecule has 0 saturated carbocycles. The van der Waals surface area contributed by atoms with E-state index in [4.69, 9.17) is 39.5 Å². The van der Waals surface area contributed by atoms with E-state index in [2.05, 4.69) is 31.4 Å². The molecule has 11 heteroatoms. The number of halogens is 4. The van der Waals surface area contributed by atoms with Crippen LogP contribution in [0.3, 0.4) is 0 Å². The molecule has 0 radical (unpaired) electrons. The molecule has 0 fully saturated rings. The summed E-state index contributed by atoms with van der Waals surface area (Å²) in [5.41, 5.74) is 3.85. The predicted octanol–water partition coefficient (Wildman–Crippen LogP) is 6.74. The van der Waals surface area contributed by atoms with Crippen molar-refractivity contribution in [1.29, 1.82) is 0 Å². The second-order valence-electron chi connectivity index (χ2n) is 5.85. The minimum atomic E-state index is -0.543. The highest BCUT2D eigenvalue weighted by molar-refractivity contribution is 9.10. The molecule has 0 aliphatic carbocycles. The van der Waals surface area contributed by atoms with Gasteiger partial charge < -0.3 is 4.74 Å². The third kappa shape index (κ3) is 5.60. The lowest BCUT2D eigenvalue weighted by Crippen LogP contribution is -2.00. The van der Waals surface area contributed by atoms with Crippen LogP contribution in [-0.4, -0.2) is 16.1 Å². The van der Waals surface area contributed by atoms with E-state index in [1.807, 2.05) is 0 Å². The van der Waals surface area contributed by atoms with Crippen molar-refractivity contribution in [3.05, 3.63) is 89.4 Å². The predicted molar refractivity (Wildman–Crippen MR) is 122 cm³/mol. The topological polar surface area (TPSA) is 89.7 Å². The van der Waals surface area contributed by atoms with Crippen LogP contribution in [0.4, 0.5) is 11.5 Å². The first-order chi connectivity index (χ1) is 14.3. The molecule has 2 aromatic carbocycles. The quantitative estimate of drug-likeness (QED) is 0.208. The van der Waals surface area contributed by atoms with E-state index in [-0.39, 0.29) is 18.1 Å². The third-order valence-electron chi connectivity index (χ3n) is 3.75. The number of hydrogen-bond acceptors (Lipinski definition) is 6. The fraction of sp³-hybridized carbons (Fsp3) is 0.0526. The summed E-state index contributed by atoms with van der Waals surface area (Å²) in [6.07, 6.45) is 2.89. The van der Waals surface area contributed by atoms with E-state index in [1.54, 1.807) is 30.3 Å². The molecule has 0 atom stereocenters. The highest BCUT2D eigenvalue weighted by Gasteiger charge is 2.13. The molecule has 30 heavy (non-hydrogen) atoms. The van der Waals surface area contributed by atoms with Crippen LogP contribution >= 0.6 is 50.7 Å². The van der Waals surface area contributed by atoms with Gasteiger partial charge in [-0.05, 0) is 57.4 Å². The largest absolute Gasteiger partial charge is 0.486 e. The van der Waals surface area contributed by atoms with E-state index < -0.39 is 4.92 Å². The van der Waals surface area contributed by atoms with E-state index in [0.29, 0.717) is 30.9 Å². The molecule has 0 aliphatic rings. The van der Waals surface area contributed by atoms with Crippen molar-refractivity contribution in [2.75, 3.05) is 5.43 Å². The maximum absolute atomic E-state index is 11.0. The fourth-order valence-corrected chi connectivity index (χ4v) is 3.68. The molecule has 1 heterocycles. The molecule has 7 nitrogen and oxygen atoms in total. The van der Waals surface area contributed by atoms with Gasteiger partial charge in [-0.2, -0.15) is 5.10 Å². The van der Waals surface area contributed by atoms with Gasteiger partial charge in [-0.15, -0.1) is 0 Å². The van der Waals surface area contributed by atoms with Gasteiger partial charge in [-0.25, -0.2) is 4.98 Å². The van der Waals surface area contributed by atoms with E-state index in [0.717, 1.165) is 5.56 Å². The number of anilines is 1. The zero-order valence-corrected chi connectivity index (χ0v) is 18.8. The van der Waals surface area contributed by atoms with Gasteiger partial charge in [0.1, 0.15) is 6.61 Å². The number of rotatable bonds is 7. The number of hydrogen-bond donors (Lipinski definition) is 1. The molecule has 3 rings (SSSR count). The number of benzene rings is 2. The summed E-state index contributed by atoms with van der Waals surface area (Å²) in [5.74, 6) is 0.485. The summed E-state index contributed by atoms with van der Waals surface area (Å²) in [6, 6.07) is 11.4. The van der Waals surface area contributed by atoms with E-state index in [1.165, 1.54) is 24.5 Å². The van der Waals surface area contributed by atoms with Crippen molar-refractivity contribution in [2.45, 2.75) is 6.61 Å². The van der Waals surface area contributed by atoms with Gasteiger partial charge in [-0.1, -0.05) is 40.9 Å². The molecule has 0 unspecified atom stereocenters. The zero-order valence-electron chi connectivity index (χ0n) is 15.0. The summed E-state index contributed by atoms with van der Waals surface area (Å²) in [5, 5.41) is 16.3. The number of ether oxygens (including phenoxy) is 1. The van der Waals surface area contributed by atoms with Gasteiger partial charge in [0.05, 0.1) is 30.7 Å². The lowest BCUT2D eigenvalue weighted by Gasteiger charge is -2.11. The van der Waals surface area contributed by atoms with Gasteiger partial charge in [0.2, 0.25) is 5.82 Å². The molecule has 154 valence electrons. The molecule has 0 bridgehead atoms. The summed E-state index contributed by atoms with van der Waals surface area (Å²) < 4.78 is 6.41. The SMILES string of the molecule is O=[N+]([O-])c1cccnc1N/N=C\c1cc(Cl)c(OCc2ccc(Cl)c(Cl)c2)c(Br)c1. The molecule has 1 aromatic heterocycles. The number of pyridine rings is 1. The molecule has 1 N–H and O–H groups in total. The van der Waals surface area contributed by atoms with Crippen LogP contribution in [0.25, 0.3) is 0 Å². The normalized spacial score (nSPS) is 10.9. The number of aromatic nitrogens is 1. The second kappa shape index (κ2) is 10.1. The molecular formula is C19H12BrCl3N4O3. The number of nitro groups is 1. The smallest absolute Gasteiger partial charge is 0.313 e. The number of hydrazone groups is 1. The third-order valence-corrected chi connectivity index (χ3v) is 5.36. The molecule has 0 amide bonds. The average molecular weight is 531 g/mol. The average Bonchev–Trinajstić information content (AvgIpc) is 2.70. The standard InChI is InChI=1S/C19H12BrCl3N4O3/c20-13-6-12(9-25-26-19-17(27(28)29)2-1-5-24-19)8-16(23)18(13)30-10-11-3-4-14(21)15(22)7-11/h1-9H,10H2,(H,24,26)/b25-9-. The Morgan fingerprint density at radius 1 is 1.17 bits per heavy atom. The highest BCUT2D eigenvalue weighted by Crippen LogP contribution is 2.35. The maximum Gasteiger partial charge on any atom is 0.313 e. The van der Waals surface area contributed by atoms with Crippen LogP contribution in [-0.2, 0) is 6.61 Å². The monoisotopic (exact) mass is 528 g/mol. The number of nitrogens with zero attached hydrogens (tertiary/aromatic N) is 3. The summed E-state index contributed by atoms with van der Waals surface area (Å²) in [7, 11) is 0. The molecule has 0 spiro atoms. The Kier molecular flexibility index (Phi) is 7.49. The van der Waals surface area contributed by atoms with Crippen molar-refractivity contribution >= 4 is 68.5 Å². The van der Waals surface area contributed by atoms with Gasteiger partial charge in [0.15, 0.2) is 5.75 Å². The van der Waals surface area contributed by atoms with Crippen molar-refractivity contribution in [2.24, 2.45) is 5.10 Å². The first kappa shape index (κ1) is 22.3. The minimum Gasteiger partial charge on any atom is -0.486 e. The van der Waals surface area contributed by atoms with Crippen LogP contribution in [0.15, 0.2) is 58.2 Å². The lowest BCUT2D eigenvalue weighted by atomic mass is 10.2. The fourth-order valence-electron chi connectivity index (χ4n) is 2.38. The highest BCUT2D eigenvalue weighted by atomic mass is 79.9. The first-order valence-electron chi connectivity index (χ1n) is 8.29. The zero-order chi connectivity index (χ0) is 21.7. The van der Waals surface area contributed by atoms with Gasteiger partial charge in [0, 0.05) is 12.3 Å². The van der Waals surface area contributed by atoms with Crippen LogP contribution in [0.2, 0.25) is 15.1 Å². The Bertz CT molecular complexity index is 1100. The molecular weight excluding hydrogens is 518 g/mol. The molecule has 0 saturated heterocycles. The van der Waals surface area contributed by atoms with Crippen LogP contribution in [0.5, 0.6) is 5.75 Å². The summed E-state index contributed by atoms with van der Waals surface area (Å²) in [4.78, 5) is 14.4. The molecule has 0 aliphatic heterocycles. The Balaban J connectivity index is 1.70. The molecule has 3 aromatic rings. The van der Waals surface area contributed by atoms with Crippen molar-refractivity contribution < 1.29 is 9.66 Å². The van der Waals surface area contributed by atoms with Gasteiger partial charge in [-0.3, -0.25) is 15.5 Å². The number of nitrogens with one attached hydrogen (secondary N) is 1. The minimum absolute atomic E-state index is 0.0329. The van der Waals surface area contributed by atoms with E-state index >= 15 is 0 Å². The van der Waals surface area contributed by atoms with Crippen molar-refractivity contribution in [3.63, 3.8) is 0 Å². The summed E-state index contributed by atoms with van der Waals surface area (Å²) >= 11 is 21.7. The van der Waals surface area contributed by atoms with Gasteiger partial charge in [0.25, 0.3) is 0 Å². The van der Waals surface area contributed by atoms with Crippen molar-refractivity contribution in [3.8, 4) is 5.75 Å². The lowest BCUT2D eigenvalue weighted by molar-refractivity contribution is -0.384. The second-order valence-corrected chi connectivity index (χ2v) is 7.92. The van der Waals surface area contributed by atoms with Crippen LogP contribution < -0.4 is 10.2 Å². The Hall–Kier alpha value is -2.39. The van der Waals surface area contributed by atoms with Gasteiger partial charge >= 0.3 is 5.69 Å². The van der Waals surface area contributed by atoms with E-state index in [9.17, 15) is 10.1 Å². The van der Waals surface area contributed by atoms with Crippen LogP contribution in [0.1, 0.15) is 11.1 Å². The first-order valence-corrected chi connectivity index (χ1v) is 10.2. The Labute approximate surface area is 194 Å².